The third-order valence-electron chi connectivity index (χ3n) is 2.63. The fourth-order valence-corrected chi connectivity index (χ4v) is 2.42. The number of thiazole rings is 1. The normalized spacial score (nSPS) is 12.3. The first-order valence-electron chi connectivity index (χ1n) is 5.33. The van der Waals surface area contributed by atoms with E-state index < -0.39 is 11.9 Å². The number of aryl methyl sites for hydroxylation is 1. The molecule has 88 valence electrons. The Kier molecular flexibility index (Phi) is 3.54. The molecule has 1 heterocycles. The number of hydrogen-bond acceptors (Lipinski definition) is 3. The Labute approximate surface area is 104 Å². The summed E-state index contributed by atoms with van der Waals surface area (Å²) in [6, 6.07) is 7.66. The van der Waals surface area contributed by atoms with Crippen LogP contribution in [0.4, 0.5) is 0 Å². The van der Waals surface area contributed by atoms with E-state index in [2.05, 4.69) is 4.98 Å². The predicted octanol–water partition coefficient (Wildman–Crippen LogP) is 2.86. The van der Waals surface area contributed by atoms with E-state index in [0.717, 1.165) is 16.0 Å². The maximum Gasteiger partial charge on any atom is 0.311 e. The molecule has 0 aliphatic heterocycles. The molecule has 0 saturated carbocycles. The number of carboxylic acid groups (broad SMARTS) is 1. The van der Waals surface area contributed by atoms with Gasteiger partial charge in [-0.2, -0.15) is 0 Å². The zero-order valence-electron chi connectivity index (χ0n) is 9.46. The van der Waals surface area contributed by atoms with E-state index in [9.17, 15) is 9.90 Å². The molecule has 1 aromatic carbocycles. The van der Waals surface area contributed by atoms with Gasteiger partial charge < -0.3 is 5.11 Å². The van der Waals surface area contributed by atoms with Gasteiger partial charge in [0.15, 0.2) is 0 Å². The predicted molar refractivity (Wildman–Crippen MR) is 67.4 cm³/mol. The molecule has 0 spiro atoms. The lowest BCUT2D eigenvalue weighted by Crippen LogP contribution is -2.14. The van der Waals surface area contributed by atoms with Gasteiger partial charge >= 0.3 is 5.97 Å². The summed E-state index contributed by atoms with van der Waals surface area (Å²) in [5.74, 6) is -1.28. The molecule has 1 atom stereocenters. The van der Waals surface area contributed by atoms with Crippen LogP contribution in [0.5, 0.6) is 0 Å². The molecule has 0 saturated heterocycles. The van der Waals surface area contributed by atoms with Crippen molar-refractivity contribution in [3.05, 3.63) is 52.0 Å². The fraction of sp³-hybridized carbons (Fsp3) is 0.231. The van der Waals surface area contributed by atoms with Gasteiger partial charge in [-0.25, -0.2) is 0 Å². The van der Waals surface area contributed by atoms with Crippen molar-refractivity contribution in [3.63, 3.8) is 0 Å². The molecule has 17 heavy (non-hydrogen) atoms. The highest BCUT2D eigenvalue weighted by molar-refractivity contribution is 7.09. The lowest BCUT2D eigenvalue weighted by atomic mass is 9.94. The quantitative estimate of drug-likeness (QED) is 0.903. The number of carboxylic acids is 1. The molecule has 0 radical (unpaired) electrons. The first kappa shape index (κ1) is 11.8. The van der Waals surface area contributed by atoms with Crippen molar-refractivity contribution < 1.29 is 9.90 Å². The lowest BCUT2D eigenvalue weighted by molar-refractivity contribution is -0.138. The van der Waals surface area contributed by atoms with Crippen molar-refractivity contribution >= 4 is 17.3 Å². The Balaban J connectivity index is 2.26. The average molecular weight is 247 g/mol. The second-order valence-electron chi connectivity index (χ2n) is 3.98. The summed E-state index contributed by atoms with van der Waals surface area (Å²) in [4.78, 5) is 16.3. The minimum absolute atomic E-state index is 0.490. The number of carbonyl (C=O) groups is 1. The molecule has 4 heteroatoms. The molecule has 3 nitrogen and oxygen atoms in total. The van der Waals surface area contributed by atoms with Gasteiger partial charge in [0.2, 0.25) is 0 Å². The van der Waals surface area contributed by atoms with Crippen LogP contribution in [0.15, 0.2) is 36.0 Å². The number of aromatic nitrogens is 1. The molecule has 2 aromatic rings. The number of benzene rings is 1. The van der Waals surface area contributed by atoms with Gasteiger partial charge in [0, 0.05) is 17.5 Å². The van der Waals surface area contributed by atoms with Gasteiger partial charge in [-0.05, 0) is 12.5 Å². The van der Waals surface area contributed by atoms with Gasteiger partial charge in [-0.15, -0.1) is 11.3 Å². The van der Waals surface area contributed by atoms with E-state index in [4.69, 9.17) is 0 Å². The van der Waals surface area contributed by atoms with E-state index in [1.54, 1.807) is 11.7 Å². The molecule has 0 aliphatic rings. The highest BCUT2D eigenvalue weighted by Crippen LogP contribution is 2.23. The summed E-state index contributed by atoms with van der Waals surface area (Å²) in [6.07, 6.45) is 2.24. The van der Waals surface area contributed by atoms with Crippen LogP contribution in [0.1, 0.15) is 21.9 Å². The SMILES string of the molecule is Cc1cccc(C(Cc2cncs2)C(=O)O)c1. The summed E-state index contributed by atoms with van der Waals surface area (Å²) in [5, 5.41) is 9.30. The number of hydrogen-bond donors (Lipinski definition) is 1. The van der Waals surface area contributed by atoms with Gasteiger partial charge in [0.05, 0.1) is 11.4 Å². The van der Waals surface area contributed by atoms with Crippen LogP contribution in [0.2, 0.25) is 0 Å². The van der Waals surface area contributed by atoms with E-state index in [-0.39, 0.29) is 0 Å². The van der Waals surface area contributed by atoms with E-state index in [1.165, 1.54) is 11.3 Å². The summed E-state index contributed by atoms with van der Waals surface area (Å²) >= 11 is 1.49. The molecule has 0 bridgehead atoms. The van der Waals surface area contributed by atoms with Gasteiger partial charge in [0.25, 0.3) is 0 Å². The Bertz CT molecular complexity index is 508. The largest absolute Gasteiger partial charge is 0.481 e. The van der Waals surface area contributed by atoms with E-state index in [0.29, 0.717) is 6.42 Å². The monoisotopic (exact) mass is 247 g/mol. The van der Waals surface area contributed by atoms with Gasteiger partial charge in [-0.1, -0.05) is 29.8 Å². The van der Waals surface area contributed by atoms with Crippen molar-refractivity contribution in [2.75, 3.05) is 0 Å². The zero-order valence-corrected chi connectivity index (χ0v) is 10.3. The maximum atomic E-state index is 11.3. The molecule has 1 unspecified atom stereocenters. The number of rotatable bonds is 4. The van der Waals surface area contributed by atoms with Crippen molar-refractivity contribution in [2.45, 2.75) is 19.3 Å². The van der Waals surface area contributed by atoms with Crippen molar-refractivity contribution in [1.29, 1.82) is 0 Å². The molecule has 1 N–H and O–H groups in total. The second kappa shape index (κ2) is 5.10. The summed E-state index contributed by atoms with van der Waals surface area (Å²) in [7, 11) is 0. The van der Waals surface area contributed by atoms with Crippen molar-refractivity contribution in [1.82, 2.24) is 4.98 Å². The summed E-state index contributed by atoms with van der Waals surface area (Å²) < 4.78 is 0. The molecule has 0 fully saturated rings. The van der Waals surface area contributed by atoms with Crippen LogP contribution in [0.3, 0.4) is 0 Å². The average Bonchev–Trinajstić information content (AvgIpc) is 2.78. The first-order chi connectivity index (χ1) is 8.16. The van der Waals surface area contributed by atoms with Gasteiger partial charge in [0.1, 0.15) is 0 Å². The number of aliphatic carboxylic acids is 1. The highest BCUT2D eigenvalue weighted by Gasteiger charge is 2.20. The molecule has 2 rings (SSSR count). The molecule has 0 amide bonds. The summed E-state index contributed by atoms with van der Waals surface area (Å²) in [5.41, 5.74) is 3.66. The van der Waals surface area contributed by atoms with Gasteiger partial charge in [-0.3, -0.25) is 9.78 Å². The first-order valence-corrected chi connectivity index (χ1v) is 6.21. The van der Waals surface area contributed by atoms with Crippen LogP contribution in [0.25, 0.3) is 0 Å². The fourth-order valence-electron chi connectivity index (χ4n) is 1.78. The van der Waals surface area contributed by atoms with Crippen LogP contribution >= 0.6 is 11.3 Å². The Morgan fingerprint density at radius 3 is 2.94 bits per heavy atom. The third-order valence-corrected chi connectivity index (χ3v) is 3.43. The zero-order chi connectivity index (χ0) is 12.3. The van der Waals surface area contributed by atoms with Crippen LogP contribution in [-0.2, 0) is 11.2 Å². The Morgan fingerprint density at radius 1 is 1.53 bits per heavy atom. The van der Waals surface area contributed by atoms with E-state index >= 15 is 0 Å². The third kappa shape index (κ3) is 2.91. The Hall–Kier alpha value is -1.68. The van der Waals surface area contributed by atoms with Crippen LogP contribution < -0.4 is 0 Å². The molecule has 0 aliphatic carbocycles. The lowest BCUT2D eigenvalue weighted by Gasteiger charge is -2.12. The maximum absolute atomic E-state index is 11.3. The highest BCUT2D eigenvalue weighted by atomic mass is 32.1. The molecular weight excluding hydrogens is 234 g/mol. The molecule has 1 aromatic heterocycles. The molecular formula is C13H13NO2S. The Morgan fingerprint density at radius 2 is 2.35 bits per heavy atom. The topological polar surface area (TPSA) is 50.2 Å². The minimum atomic E-state index is -0.788. The smallest absolute Gasteiger partial charge is 0.311 e. The van der Waals surface area contributed by atoms with Crippen molar-refractivity contribution in [3.8, 4) is 0 Å². The number of nitrogens with zero attached hydrogens (tertiary/aromatic N) is 1. The second-order valence-corrected chi connectivity index (χ2v) is 4.95. The minimum Gasteiger partial charge on any atom is -0.481 e. The standard InChI is InChI=1S/C13H13NO2S/c1-9-3-2-4-10(5-9)12(13(15)16)6-11-7-14-8-17-11/h2-5,7-8,12H,6H2,1H3,(H,15,16). The van der Waals surface area contributed by atoms with Crippen LogP contribution in [0, 0.1) is 6.92 Å². The van der Waals surface area contributed by atoms with E-state index in [1.807, 2.05) is 31.2 Å². The summed E-state index contributed by atoms with van der Waals surface area (Å²) in [6.45, 7) is 1.97. The van der Waals surface area contributed by atoms with Crippen molar-refractivity contribution in [2.24, 2.45) is 0 Å². The van der Waals surface area contributed by atoms with Crippen LogP contribution in [-0.4, -0.2) is 16.1 Å².